The predicted octanol–water partition coefficient (Wildman–Crippen LogP) is 1.43. The van der Waals surface area contributed by atoms with Crippen molar-refractivity contribution in [3.8, 4) is 0 Å². The van der Waals surface area contributed by atoms with Gasteiger partial charge in [-0.05, 0) is 50.4 Å². The Morgan fingerprint density at radius 3 is 2.37 bits per heavy atom. The molecule has 4 saturated carbocycles. The number of likely N-dealkylation sites (N-methyl/N-ethyl adjacent to an activating group) is 1. The molecule has 4 nitrogen and oxygen atoms in total. The molecular weight excluding hydrogens is 264 g/mol. The fraction of sp³-hybridized carbons (Fsp3) is 0.857. The minimum atomic E-state index is -0.306. The fourth-order valence-corrected chi connectivity index (χ4v) is 5.55. The van der Waals surface area contributed by atoms with Crippen LogP contribution < -0.4 is 10.6 Å². The second kappa shape index (κ2) is 4.37. The van der Waals surface area contributed by atoms with E-state index in [4.69, 9.17) is 11.6 Å². The lowest BCUT2D eigenvalue weighted by Gasteiger charge is -2.59. The molecule has 106 valence electrons. The molecule has 0 aromatic rings. The van der Waals surface area contributed by atoms with Gasteiger partial charge in [0.1, 0.15) is 0 Å². The van der Waals surface area contributed by atoms with Crippen molar-refractivity contribution in [1.82, 2.24) is 10.6 Å². The van der Waals surface area contributed by atoms with Crippen LogP contribution >= 0.6 is 11.6 Å². The zero-order valence-corrected chi connectivity index (χ0v) is 12.1. The zero-order valence-electron chi connectivity index (χ0n) is 11.3. The highest BCUT2D eigenvalue weighted by molar-refractivity contribution is 6.24. The molecule has 2 N–H and O–H groups in total. The third-order valence-electron chi connectivity index (χ3n) is 5.16. The molecule has 0 heterocycles. The quantitative estimate of drug-likeness (QED) is 0.770. The average Bonchev–Trinajstić information content (AvgIpc) is 2.32. The third-order valence-corrected chi connectivity index (χ3v) is 5.60. The van der Waals surface area contributed by atoms with Gasteiger partial charge in [0, 0.05) is 11.9 Å². The molecule has 4 rings (SSSR count). The number of rotatable bonds is 3. The number of halogens is 1. The van der Waals surface area contributed by atoms with E-state index in [-0.39, 0.29) is 28.6 Å². The first-order valence-corrected chi connectivity index (χ1v) is 7.50. The van der Waals surface area contributed by atoms with Crippen LogP contribution in [0, 0.1) is 17.3 Å². The summed E-state index contributed by atoms with van der Waals surface area (Å²) in [6, 6.07) is 0. The van der Waals surface area contributed by atoms with Crippen LogP contribution in [-0.4, -0.2) is 30.3 Å². The van der Waals surface area contributed by atoms with E-state index < -0.39 is 0 Å². The van der Waals surface area contributed by atoms with E-state index in [1.54, 1.807) is 7.05 Å². The van der Waals surface area contributed by atoms with Crippen LogP contribution in [-0.2, 0) is 9.59 Å². The van der Waals surface area contributed by atoms with Crippen LogP contribution in [0.15, 0.2) is 0 Å². The van der Waals surface area contributed by atoms with E-state index in [0.717, 1.165) is 32.1 Å². The summed E-state index contributed by atoms with van der Waals surface area (Å²) in [4.78, 5) is 23.6. The van der Waals surface area contributed by atoms with Gasteiger partial charge in [-0.15, -0.1) is 11.6 Å². The van der Waals surface area contributed by atoms with Gasteiger partial charge in [-0.25, -0.2) is 0 Å². The molecule has 5 heteroatoms. The van der Waals surface area contributed by atoms with Gasteiger partial charge in [-0.3, -0.25) is 9.59 Å². The first-order chi connectivity index (χ1) is 8.95. The van der Waals surface area contributed by atoms with Gasteiger partial charge in [-0.2, -0.15) is 0 Å². The zero-order chi connectivity index (χ0) is 13.7. The number of hydrogen-bond acceptors (Lipinski definition) is 2. The molecule has 4 aliphatic carbocycles. The van der Waals surface area contributed by atoms with Crippen LogP contribution in [0.3, 0.4) is 0 Å². The van der Waals surface area contributed by atoms with Crippen molar-refractivity contribution in [3.05, 3.63) is 0 Å². The average molecular weight is 285 g/mol. The van der Waals surface area contributed by atoms with Crippen molar-refractivity contribution >= 4 is 23.4 Å². The van der Waals surface area contributed by atoms with Crippen LogP contribution in [0.25, 0.3) is 0 Å². The summed E-state index contributed by atoms with van der Waals surface area (Å²) in [6.45, 7) is 0.0711. The number of carbonyl (C=O) groups excluding carboxylic acids is 2. The number of alkyl halides is 1. The Hall–Kier alpha value is -0.770. The Morgan fingerprint density at radius 2 is 1.84 bits per heavy atom. The Bertz CT molecular complexity index is 410. The first kappa shape index (κ1) is 13.2. The van der Waals surface area contributed by atoms with Gasteiger partial charge >= 0.3 is 0 Å². The van der Waals surface area contributed by atoms with Crippen molar-refractivity contribution < 1.29 is 9.59 Å². The largest absolute Gasteiger partial charge is 0.358 e. The van der Waals surface area contributed by atoms with Crippen LogP contribution in [0.2, 0.25) is 0 Å². The van der Waals surface area contributed by atoms with Gasteiger partial charge in [0.05, 0.1) is 12.0 Å². The lowest BCUT2D eigenvalue weighted by atomic mass is 9.49. The number of amides is 2. The van der Waals surface area contributed by atoms with Crippen molar-refractivity contribution in [2.24, 2.45) is 17.3 Å². The highest BCUT2D eigenvalue weighted by atomic mass is 35.5. The SMILES string of the molecule is CNC(=O)CNC(=O)C12C[C@@H]3C[C@@H](CC(Cl)(C3)C1)C2. The van der Waals surface area contributed by atoms with E-state index in [0.29, 0.717) is 11.8 Å². The second-order valence-electron chi connectivity index (χ2n) is 6.75. The number of carbonyl (C=O) groups is 2. The first-order valence-electron chi connectivity index (χ1n) is 7.13. The summed E-state index contributed by atoms with van der Waals surface area (Å²) < 4.78 is 0. The molecule has 4 aliphatic rings. The van der Waals surface area contributed by atoms with Gasteiger partial charge in [0.15, 0.2) is 0 Å². The highest BCUT2D eigenvalue weighted by Gasteiger charge is 2.59. The Morgan fingerprint density at radius 1 is 1.21 bits per heavy atom. The monoisotopic (exact) mass is 284 g/mol. The second-order valence-corrected chi connectivity index (χ2v) is 7.55. The molecule has 2 unspecified atom stereocenters. The van der Waals surface area contributed by atoms with Gasteiger partial charge in [0.25, 0.3) is 0 Å². The van der Waals surface area contributed by atoms with Gasteiger partial charge in [-0.1, -0.05) is 0 Å². The van der Waals surface area contributed by atoms with Crippen LogP contribution in [0.1, 0.15) is 38.5 Å². The van der Waals surface area contributed by atoms with Crippen LogP contribution in [0.5, 0.6) is 0 Å². The highest BCUT2D eigenvalue weighted by Crippen LogP contribution is 2.63. The lowest BCUT2D eigenvalue weighted by molar-refractivity contribution is -0.145. The predicted molar refractivity (Wildman–Crippen MR) is 72.8 cm³/mol. The Labute approximate surface area is 118 Å². The normalized spacial score (nSPS) is 43.1. The molecule has 2 amide bonds. The third kappa shape index (κ3) is 2.24. The van der Waals surface area contributed by atoms with Crippen molar-refractivity contribution in [3.63, 3.8) is 0 Å². The van der Waals surface area contributed by atoms with Crippen molar-refractivity contribution in [2.45, 2.75) is 43.4 Å². The lowest BCUT2D eigenvalue weighted by Crippen LogP contribution is -2.59. The maximum absolute atomic E-state index is 12.5. The molecule has 0 aromatic carbocycles. The topological polar surface area (TPSA) is 58.2 Å². The number of hydrogen-bond donors (Lipinski definition) is 2. The molecule has 4 fully saturated rings. The summed E-state index contributed by atoms with van der Waals surface area (Å²) in [6.07, 6.45) is 6.06. The molecular formula is C14H21ClN2O2. The molecule has 0 aromatic heterocycles. The molecule has 0 aliphatic heterocycles. The standard InChI is InChI=1S/C14H21ClN2O2/c1-16-11(18)7-17-12(19)13-3-9-2-10(4-13)6-14(15,5-9)8-13/h9-10H,2-8H2,1H3,(H,16,18)(H,17,19)/t9-,10+,13?,14?. The fourth-order valence-electron chi connectivity index (χ4n) is 4.85. The molecule has 19 heavy (non-hydrogen) atoms. The minimum Gasteiger partial charge on any atom is -0.358 e. The van der Waals surface area contributed by atoms with E-state index in [1.165, 1.54) is 6.42 Å². The van der Waals surface area contributed by atoms with Gasteiger partial charge < -0.3 is 10.6 Å². The summed E-state index contributed by atoms with van der Waals surface area (Å²) in [5.74, 6) is 1.09. The van der Waals surface area contributed by atoms with E-state index in [1.807, 2.05) is 0 Å². The van der Waals surface area contributed by atoms with E-state index in [2.05, 4.69) is 10.6 Å². The van der Waals surface area contributed by atoms with Crippen molar-refractivity contribution in [2.75, 3.05) is 13.6 Å². The Kier molecular flexibility index (Phi) is 3.04. The minimum absolute atomic E-state index is 0.0372. The maximum atomic E-state index is 12.5. The summed E-state index contributed by atoms with van der Waals surface area (Å²) >= 11 is 6.70. The summed E-state index contributed by atoms with van der Waals surface area (Å²) in [7, 11) is 1.58. The van der Waals surface area contributed by atoms with E-state index >= 15 is 0 Å². The molecule has 0 radical (unpaired) electrons. The van der Waals surface area contributed by atoms with E-state index in [9.17, 15) is 9.59 Å². The molecule has 4 bridgehead atoms. The van der Waals surface area contributed by atoms with Gasteiger partial charge in [0.2, 0.25) is 11.8 Å². The molecule has 0 spiro atoms. The summed E-state index contributed by atoms with van der Waals surface area (Å²) in [5.41, 5.74) is -0.306. The number of nitrogens with one attached hydrogen (secondary N) is 2. The Balaban J connectivity index is 1.73. The molecule has 4 atom stereocenters. The maximum Gasteiger partial charge on any atom is 0.239 e. The smallest absolute Gasteiger partial charge is 0.239 e. The summed E-state index contributed by atoms with van der Waals surface area (Å²) in [5, 5.41) is 5.32. The van der Waals surface area contributed by atoms with Crippen molar-refractivity contribution in [1.29, 1.82) is 0 Å². The van der Waals surface area contributed by atoms with Crippen LogP contribution in [0.4, 0.5) is 0 Å². The molecule has 0 saturated heterocycles.